The van der Waals surface area contributed by atoms with Crippen LogP contribution in [0.4, 0.5) is 0 Å². The maximum atomic E-state index is 3.93. The van der Waals surface area contributed by atoms with Crippen LogP contribution in [-0.4, -0.2) is 0 Å². The second kappa shape index (κ2) is 14.3. The van der Waals surface area contributed by atoms with E-state index >= 15 is 0 Å². The highest BCUT2D eigenvalue weighted by Gasteiger charge is 2.42. The summed E-state index contributed by atoms with van der Waals surface area (Å²) in [6.45, 7) is 0. The molecule has 0 atom stereocenters. The number of rotatable bonds is 3. The summed E-state index contributed by atoms with van der Waals surface area (Å²) in [5, 5.41) is 7.42. The van der Waals surface area contributed by atoms with Crippen LogP contribution in [0.25, 0.3) is 101 Å². The Morgan fingerprint density at radius 3 is 0.825 bits per heavy atom. The summed E-state index contributed by atoms with van der Waals surface area (Å²) in [6, 6.07) is 67.2. The predicted molar refractivity (Wildman–Crippen MR) is 279 cm³/mol. The van der Waals surface area contributed by atoms with Crippen LogP contribution in [0.5, 0.6) is 0 Å². The Labute approximate surface area is 391 Å². The number of halogens is 3. The van der Waals surface area contributed by atoms with Crippen LogP contribution < -0.4 is 0 Å². The molecule has 0 fully saturated rings. The number of hydrogen-bond donors (Lipinski definition) is 0. The van der Waals surface area contributed by atoms with Crippen molar-refractivity contribution in [3.63, 3.8) is 0 Å². The zero-order valence-electron chi connectivity index (χ0n) is 33.7. The molecule has 10 aromatic rings. The summed E-state index contributed by atoms with van der Waals surface area (Å²) in [6.07, 6.45) is 7.31. The molecule has 3 aliphatic rings. The summed E-state index contributed by atoms with van der Waals surface area (Å²) < 4.78 is 3.19. The highest BCUT2D eigenvalue weighted by molar-refractivity contribution is 9.11. The topological polar surface area (TPSA) is 0 Å². The molecule has 0 nitrogen and oxygen atoms in total. The van der Waals surface area contributed by atoms with E-state index in [-0.39, 0.29) is 0 Å². The first-order valence-electron chi connectivity index (χ1n) is 21.2. The Morgan fingerprint density at radius 1 is 0.238 bits per heavy atom. The van der Waals surface area contributed by atoms with Gasteiger partial charge in [-0.25, -0.2) is 0 Å². The van der Waals surface area contributed by atoms with E-state index in [1.165, 1.54) is 132 Å². The maximum Gasteiger partial charge on any atom is 0.0181 e. The highest BCUT2D eigenvalue weighted by Crippen LogP contribution is 2.65. The maximum absolute atomic E-state index is 3.93. The van der Waals surface area contributed by atoms with Crippen molar-refractivity contribution in [1.29, 1.82) is 0 Å². The van der Waals surface area contributed by atoms with Crippen molar-refractivity contribution < 1.29 is 0 Å². The Kier molecular flexibility index (Phi) is 8.47. The number of fused-ring (bicyclic) bond motifs is 15. The van der Waals surface area contributed by atoms with Crippen LogP contribution in [0.3, 0.4) is 0 Å². The molecule has 0 bridgehead atoms. The van der Waals surface area contributed by atoms with Gasteiger partial charge in [0.25, 0.3) is 0 Å². The summed E-state index contributed by atoms with van der Waals surface area (Å²) in [4.78, 5) is 0. The third-order valence-electron chi connectivity index (χ3n) is 13.2. The lowest BCUT2D eigenvalue weighted by Gasteiger charge is -2.19. The fraction of sp³-hybridized carbons (Fsp3) is 0. The smallest absolute Gasteiger partial charge is 0.0181 e. The molecule has 3 heteroatoms. The van der Waals surface area contributed by atoms with E-state index in [1.54, 1.807) is 0 Å². The van der Waals surface area contributed by atoms with Gasteiger partial charge in [0.2, 0.25) is 0 Å². The lowest BCUT2D eigenvalue weighted by molar-refractivity contribution is 1.57. The van der Waals surface area contributed by atoms with Crippen molar-refractivity contribution in [2.24, 2.45) is 0 Å². The molecule has 0 heterocycles. The monoisotopic (exact) mass is 990 g/mol. The molecule has 63 heavy (non-hydrogen) atoms. The van der Waals surface area contributed by atoms with E-state index in [9.17, 15) is 0 Å². The predicted octanol–water partition coefficient (Wildman–Crippen LogP) is 18.1. The Hall–Kier alpha value is -6.36. The molecule has 0 spiro atoms. The Balaban J connectivity index is 1.20. The van der Waals surface area contributed by atoms with E-state index in [1.807, 2.05) is 0 Å². The van der Waals surface area contributed by atoms with Gasteiger partial charge in [0.15, 0.2) is 0 Å². The van der Waals surface area contributed by atoms with Crippen molar-refractivity contribution in [3.05, 3.63) is 245 Å². The lowest BCUT2D eigenvalue weighted by Crippen LogP contribution is -1.97. The van der Waals surface area contributed by atoms with Crippen LogP contribution in [0.2, 0.25) is 0 Å². The highest BCUT2D eigenvalue weighted by atomic mass is 79.9. The van der Waals surface area contributed by atoms with Crippen molar-refractivity contribution in [2.45, 2.75) is 0 Å². The molecule has 0 radical (unpaired) electrons. The molecule has 0 saturated heterocycles. The minimum atomic E-state index is 1.06. The molecular formula is C60H33Br3. The molecular weight excluding hydrogens is 960 g/mol. The molecule has 10 aromatic carbocycles. The largest absolute Gasteiger partial charge is 0.0616 e. The van der Waals surface area contributed by atoms with Crippen LogP contribution in [0, 0.1) is 0 Å². The summed E-state index contributed by atoms with van der Waals surface area (Å²) in [7, 11) is 0. The lowest BCUT2D eigenvalue weighted by atomic mass is 9.83. The second-order valence-corrected chi connectivity index (χ2v) is 19.6. The van der Waals surface area contributed by atoms with Crippen LogP contribution in [0.1, 0.15) is 50.1 Å². The zero-order chi connectivity index (χ0) is 41.9. The van der Waals surface area contributed by atoms with Gasteiger partial charge in [0.05, 0.1) is 0 Å². The first-order valence-corrected chi connectivity index (χ1v) is 23.6. The minimum absolute atomic E-state index is 1.06. The van der Waals surface area contributed by atoms with E-state index < -0.39 is 0 Å². The van der Waals surface area contributed by atoms with Gasteiger partial charge in [-0.05, 0) is 205 Å². The Bertz CT molecular complexity index is 3350. The number of benzene rings is 10. The fourth-order valence-corrected chi connectivity index (χ4v) is 11.6. The van der Waals surface area contributed by atoms with Gasteiger partial charge in [-0.15, -0.1) is 0 Å². The average Bonchev–Trinajstić information content (AvgIpc) is 3.90. The van der Waals surface area contributed by atoms with Crippen LogP contribution in [-0.2, 0) is 0 Å². The fourth-order valence-electron chi connectivity index (χ4n) is 10.5. The van der Waals surface area contributed by atoms with Crippen LogP contribution >= 0.6 is 47.8 Å². The second-order valence-electron chi connectivity index (χ2n) is 16.8. The van der Waals surface area contributed by atoms with Crippen molar-refractivity contribution in [3.8, 4) is 33.4 Å². The van der Waals surface area contributed by atoms with Crippen molar-refractivity contribution in [2.75, 3.05) is 0 Å². The van der Waals surface area contributed by atoms with Crippen molar-refractivity contribution >= 4 is 115 Å². The molecule has 0 unspecified atom stereocenters. The molecule has 3 aliphatic carbocycles. The molecule has 13 rings (SSSR count). The molecule has 0 N–H and O–H groups in total. The average molecular weight is 994 g/mol. The summed E-state index contributed by atoms with van der Waals surface area (Å²) in [5.41, 5.74) is 22.4. The first kappa shape index (κ1) is 37.2. The van der Waals surface area contributed by atoms with Crippen LogP contribution in [0.15, 0.2) is 195 Å². The van der Waals surface area contributed by atoms with E-state index in [0.29, 0.717) is 0 Å². The third-order valence-corrected chi connectivity index (χ3v) is 14.7. The minimum Gasteiger partial charge on any atom is -0.0616 e. The molecule has 0 amide bonds. The molecule has 0 aromatic heterocycles. The first-order chi connectivity index (χ1) is 30.9. The summed E-state index contributed by atoms with van der Waals surface area (Å²) in [5.74, 6) is 0. The number of hydrogen-bond acceptors (Lipinski definition) is 0. The van der Waals surface area contributed by atoms with Gasteiger partial charge < -0.3 is 0 Å². The Morgan fingerprint density at radius 2 is 0.524 bits per heavy atom. The van der Waals surface area contributed by atoms with Gasteiger partial charge in [-0.2, -0.15) is 0 Å². The van der Waals surface area contributed by atoms with E-state index in [2.05, 4.69) is 248 Å². The van der Waals surface area contributed by atoms with E-state index in [4.69, 9.17) is 0 Å². The van der Waals surface area contributed by atoms with Crippen molar-refractivity contribution in [1.82, 2.24) is 0 Å². The normalized spacial score (nSPS) is 15.0. The van der Waals surface area contributed by atoms with Gasteiger partial charge in [0, 0.05) is 13.4 Å². The van der Waals surface area contributed by atoms with Gasteiger partial charge >= 0.3 is 0 Å². The molecule has 0 aliphatic heterocycles. The molecule has 294 valence electrons. The van der Waals surface area contributed by atoms with Gasteiger partial charge in [-0.1, -0.05) is 175 Å². The molecule has 0 saturated carbocycles. The summed E-state index contributed by atoms with van der Waals surface area (Å²) >= 11 is 11.8. The third kappa shape index (κ3) is 5.91. The zero-order valence-corrected chi connectivity index (χ0v) is 38.4. The standard InChI is InChI=1S/C60H33Br3/c61-43-19-22-46-49(31-43)52(28-34-13-16-37-7-1-4-10-40(37)25-34)58-55(46)59-54(30-36-15-18-39-9-3-6-12-42(39)27-36)51-33-45(63)21-24-48(51)57(59)60-53(50-32-44(62)20-23-47(50)56(58)60)29-35-14-17-38-8-2-5-11-41(38)26-35/h1-33H/b52-28+,53-29+,54-30+. The van der Waals surface area contributed by atoms with Gasteiger partial charge in [-0.3, -0.25) is 0 Å². The van der Waals surface area contributed by atoms with Gasteiger partial charge in [0.1, 0.15) is 0 Å². The quantitative estimate of drug-likeness (QED) is 0.165. The SMILES string of the molecule is Brc1ccc2c(c1)/C(=C\c1ccc3ccccc3c1)c1c-2c2c(c3c1-c1ccc(Br)cc1/C3=C\c1ccc3ccccc3c1)-c1ccc(Br)cc1/C2=C\c1ccc2ccccc2c1. The van der Waals surface area contributed by atoms with E-state index in [0.717, 1.165) is 13.4 Å².